The van der Waals surface area contributed by atoms with Gasteiger partial charge in [-0.25, -0.2) is 0 Å². The molecule has 0 heterocycles. The summed E-state index contributed by atoms with van der Waals surface area (Å²) in [6, 6.07) is 16.0. The van der Waals surface area contributed by atoms with Gasteiger partial charge in [-0.05, 0) is 91.9 Å². The summed E-state index contributed by atoms with van der Waals surface area (Å²) in [4.78, 5) is 6.89. The van der Waals surface area contributed by atoms with E-state index in [-0.39, 0.29) is 16.6 Å². The topological polar surface area (TPSA) is 56.1 Å². The maximum Gasteiger partial charge on any atom is 0.133 e. The van der Waals surface area contributed by atoms with Gasteiger partial charge >= 0.3 is 0 Å². The minimum absolute atomic E-state index is 0.0544. The van der Waals surface area contributed by atoms with Crippen molar-refractivity contribution in [1.82, 2.24) is 0 Å². The van der Waals surface area contributed by atoms with Crippen LogP contribution in [0, 0.1) is 7.14 Å². The number of phenolic OH excluding ortho intramolecular Hbond substituents is 2. The van der Waals surface area contributed by atoms with E-state index in [2.05, 4.69) is 97.7 Å². The standard InChI is InChI=1S/C29H34I2N2O2/c1-28(2,3)20-12-18(26(34)22(14-20)29(4,5)6)16-32-24-10-8-9-11-25(24)33(7)17-19-13-21(30)15-23(31)27(19)35/h8-16,34-35H,17H2,1-7H3. The summed E-state index contributed by atoms with van der Waals surface area (Å²) in [5, 5.41) is 21.7. The van der Waals surface area contributed by atoms with Crippen LogP contribution >= 0.6 is 45.2 Å². The number of hydrogen-bond acceptors (Lipinski definition) is 4. The van der Waals surface area contributed by atoms with E-state index in [0.717, 1.165) is 35.2 Å². The van der Waals surface area contributed by atoms with Crippen molar-refractivity contribution >= 4 is 62.8 Å². The van der Waals surface area contributed by atoms with Crippen LogP contribution < -0.4 is 4.90 Å². The number of aliphatic imine (C=N–C) groups is 1. The first-order chi connectivity index (χ1) is 16.2. The first kappa shape index (κ1) is 27.8. The van der Waals surface area contributed by atoms with Crippen molar-refractivity contribution in [3.05, 3.63) is 77.9 Å². The second-order valence-electron chi connectivity index (χ2n) is 11.0. The highest BCUT2D eigenvalue weighted by Gasteiger charge is 2.24. The molecular formula is C29H34I2N2O2. The van der Waals surface area contributed by atoms with Gasteiger partial charge in [-0.1, -0.05) is 59.7 Å². The Morgan fingerprint density at radius 2 is 1.54 bits per heavy atom. The molecule has 0 fully saturated rings. The summed E-state index contributed by atoms with van der Waals surface area (Å²) in [6.07, 6.45) is 1.76. The summed E-state index contributed by atoms with van der Waals surface area (Å²) in [5.74, 6) is 0.593. The molecule has 0 aliphatic heterocycles. The fraction of sp³-hybridized carbons (Fsp3) is 0.345. The van der Waals surface area contributed by atoms with Crippen molar-refractivity contribution in [3.63, 3.8) is 0 Å². The number of rotatable bonds is 5. The first-order valence-corrected chi connectivity index (χ1v) is 13.7. The van der Waals surface area contributed by atoms with Crippen molar-refractivity contribution in [1.29, 1.82) is 0 Å². The Kier molecular flexibility index (Phi) is 8.46. The second kappa shape index (κ2) is 10.7. The SMILES string of the molecule is CN(Cc1cc(I)cc(I)c1O)c1ccccc1N=Cc1cc(C(C)(C)C)cc(C(C)(C)C)c1O. The van der Waals surface area contributed by atoms with Crippen molar-refractivity contribution in [2.45, 2.75) is 58.9 Å². The molecule has 0 atom stereocenters. The molecule has 2 N–H and O–H groups in total. The van der Waals surface area contributed by atoms with Crippen LogP contribution in [0.15, 0.2) is 53.5 Å². The van der Waals surface area contributed by atoms with E-state index in [1.165, 1.54) is 0 Å². The third-order valence-electron chi connectivity index (χ3n) is 5.96. The Bertz CT molecular complexity index is 1250. The molecule has 0 bridgehead atoms. The fourth-order valence-corrected chi connectivity index (χ4v) is 5.84. The number of para-hydroxylation sites is 2. The zero-order chi connectivity index (χ0) is 26.1. The Morgan fingerprint density at radius 3 is 2.17 bits per heavy atom. The Balaban J connectivity index is 2.01. The number of halogens is 2. The van der Waals surface area contributed by atoms with Crippen LogP contribution in [-0.4, -0.2) is 23.5 Å². The highest BCUT2D eigenvalue weighted by atomic mass is 127. The maximum absolute atomic E-state index is 11.1. The molecule has 0 saturated carbocycles. The molecule has 0 aromatic heterocycles. The molecule has 0 amide bonds. The largest absolute Gasteiger partial charge is 0.507 e. The molecule has 3 rings (SSSR count). The molecule has 3 aromatic carbocycles. The average molecular weight is 696 g/mol. The molecule has 6 heteroatoms. The average Bonchev–Trinajstić information content (AvgIpc) is 2.75. The van der Waals surface area contributed by atoms with Crippen LogP contribution in [0.1, 0.15) is 63.8 Å². The molecule has 3 aromatic rings. The zero-order valence-electron chi connectivity index (χ0n) is 21.4. The smallest absolute Gasteiger partial charge is 0.133 e. The van der Waals surface area contributed by atoms with Gasteiger partial charge < -0.3 is 15.1 Å². The monoisotopic (exact) mass is 696 g/mol. The van der Waals surface area contributed by atoms with Crippen LogP contribution in [0.3, 0.4) is 0 Å². The lowest BCUT2D eigenvalue weighted by Gasteiger charge is -2.27. The van der Waals surface area contributed by atoms with Crippen molar-refractivity contribution < 1.29 is 10.2 Å². The molecular weight excluding hydrogens is 662 g/mol. The van der Waals surface area contributed by atoms with E-state index in [1.54, 1.807) is 6.21 Å². The minimum atomic E-state index is -0.196. The number of phenols is 2. The molecule has 35 heavy (non-hydrogen) atoms. The zero-order valence-corrected chi connectivity index (χ0v) is 25.8. The normalized spacial score (nSPS) is 12.4. The molecule has 0 spiro atoms. The van der Waals surface area contributed by atoms with Crippen molar-refractivity contribution in [2.24, 2.45) is 4.99 Å². The van der Waals surface area contributed by atoms with E-state index < -0.39 is 0 Å². The van der Waals surface area contributed by atoms with E-state index in [4.69, 9.17) is 4.99 Å². The van der Waals surface area contributed by atoms with Crippen LogP contribution in [-0.2, 0) is 17.4 Å². The fourth-order valence-electron chi connectivity index (χ4n) is 3.88. The van der Waals surface area contributed by atoms with Crippen molar-refractivity contribution in [2.75, 3.05) is 11.9 Å². The predicted octanol–water partition coefficient (Wildman–Crippen LogP) is 8.29. The van der Waals surface area contributed by atoms with E-state index in [0.29, 0.717) is 17.9 Å². The van der Waals surface area contributed by atoms with Crippen molar-refractivity contribution in [3.8, 4) is 11.5 Å². The van der Waals surface area contributed by atoms with Crippen LogP contribution in [0.4, 0.5) is 11.4 Å². The summed E-state index contributed by atoms with van der Waals surface area (Å²) in [7, 11) is 2.00. The Hall–Kier alpha value is -1.81. The van der Waals surface area contributed by atoms with Crippen LogP contribution in [0.5, 0.6) is 11.5 Å². The highest BCUT2D eigenvalue weighted by molar-refractivity contribution is 14.1. The molecule has 0 saturated heterocycles. The second-order valence-corrected chi connectivity index (χ2v) is 13.4. The number of anilines is 1. The van der Waals surface area contributed by atoms with Crippen LogP contribution in [0.2, 0.25) is 0 Å². The van der Waals surface area contributed by atoms with E-state index in [9.17, 15) is 10.2 Å². The van der Waals surface area contributed by atoms with Gasteiger partial charge in [-0.3, -0.25) is 4.99 Å². The number of benzene rings is 3. The van der Waals surface area contributed by atoms with Gasteiger partial charge in [0.1, 0.15) is 11.5 Å². The predicted molar refractivity (Wildman–Crippen MR) is 165 cm³/mol. The van der Waals surface area contributed by atoms with E-state index in [1.807, 2.05) is 49.5 Å². The lowest BCUT2D eigenvalue weighted by molar-refractivity contribution is 0.444. The van der Waals surface area contributed by atoms with E-state index >= 15 is 0 Å². The van der Waals surface area contributed by atoms with Gasteiger partial charge in [-0.2, -0.15) is 0 Å². The number of aromatic hydroxyl groups is 2. The third kappa shape index (κ3) is 6.70. The van der Waals surface area contributed by atoms with Gasteiger partial charge in [0.15, 0.2) is 0 Å². The van der Waals surface area contributed by atoms with Gasteiger partial charge in [0, 0.05) is 40.1 Å². The van der Waals surface area contributed by atoms with Gasteiger partial charge in [0.05, 0.1) is 14.9 Å². The molecule has 0 unspecified atom stereocenters. The minimum Gasteiger partial charge on any atom is -0.507 e. The maximum atomic E-state index is 11.1. The van der Waals surface area contributed by atoms with Gasteiger partial charge in [-0.15, -0.1) is 0 Å². The molecule has 186 valence electrons. The highest BCUT2D eigenvalue weighted by Crippen LogP contribution is 2.38. The molecule has 0 radical (unpaired) electrons. The number of nitrogens with zero attached hydrogens (tertiary/aromatic N) is 2. The number of hydrogen-bond donors (Lipinski definition) is 2. The Morgan fingerprint density at radius 1 is 0.886 bits per heavy atom. The molecule has 0 aliphatic rings. The lowest BCUT2D eigenvalue weighted by Crippen LogP contribution is -2.17. The summed E-state index contributed by atoms with van der Waals surface area (Å²) >= 11 is 4.44. The van der Waals surface area contributed by atoms with Crippen LogP contribution in [0.25, 0.3) is 0 Å². The first-order valence-electron chi connectivity index (χ1n) is 11.6. The Labute approximate surface area is 236 Å². The summed E-state index contributed by atoms with van der Waals surface area (Å²) in [6.45, 7) is 13.4. The quantitative estimate of drug-likeness (QED) is 0.209. The van der Waals surface area contributed by atoms with Gasteiger partial charge in [0.25, 0.3) is 0 Å². The third-order valence-corrected chi connectivity index (χ3v) is 7.41. The lowest BCUT2D eigenvalue weighted by atomic mass is 9.79. The summed E-state index contributed by atoms with van der Waals surface area (Å²) in [5.41, 5.74) is 5.15. The van der Waals surface area contributed by atoms with Gasteiger partial charge in [0.2, 0.25) is 0 Å². The molecule has 4 nitrogen and oxygen atoms in total. The molecule has 0 aliphatic carbocycles. The summed E-state index contributed by atoms with van der Waals surface area (Å²) < 4.78 is 1.93.